The molecular formula is C25H34N4O2. The van der Waals surface area contributed by atoms with E-state index in [9.17, 15) is 4.79 Å². The first-order valence-electron chi connectivity index (χ1n) is 11.7. The number of hydrogen-bond donors (Lipinski definition) is 2. The van der Waals surface area contributed by atoms with Gasteiger partial charge < -0.3 is 20.3 Å². The highest BCUT2D eigenvalue weighted by Crippen LogP contribution is 2.26. The van der Waals surface area contributed by atoms with Crippen LogP contribution in [0.4, 0.5) is 10.6 Å². The number of urea groups is 1. The highest BCUT2D eigenvalue weighted by Gasteiger charge is 2.18. The van der Waals surface area contributed by atoms with Crippen LogP contribution in [-0.4, -0.2) is 30.2 Å². The molecule has 2 aliphatic rings. The maximum absolute atomic E-state index is 12.3. The van der Waals surface area contributed by atoms with Crippen molar-refractivity contribution in [1.82, 2.24) is 15.6 Å². The molecule has 2 heterocycles. The van der Waals surface area contributed by atoms with Crippen molar-refractivity contribution in [2.75, 3.05) is 18.0 Å². The van der Waals surface area contributed by atoms with Gasteiger partial charge in [-0.15, -0.1) is 0 Å². The van der Waals surface area contributed by atoms with Crippen molar-refractivity contribution in [2.24, 2.45) is 0 Å². The maximum Gasteiger partial charge on any atom is 0.315 e. The minimum atomic E-state index is -0.188. The number of nitrogens with zero attached hydrogens (tertiary/aromatic N) is 2. The summed E-state index contributed by atoms with van der Waals surface area (Å²) in [7, 11) is 0. The number of carbonyl (C=O) groups is 1. The van der Waals surface area contributed by atoms with Gasteiger partial charge in [0.25, 0.3) is 0 Å². The topological polar surface area (TPSA) is 66.5 Å². The number of anilines is 1. The molecule has 4 rings (SSSR count). The van der Waals surface area contributed by atoms with E-state index in [-0.39, 0.29) is 6.03 Å². The third-order valence-electron chi connectivity index (χ3n) is 6.20. The van der Waals surface area contributed by atoms with Gasteiger partial charge in [0.2, 0.25) is 0 Å². The molecule has 0 unspecified atom stereocenters. The Morgan fingerprint density at radius 1 is 0.935 bits per heavy atom. The lowest BCUT2D eigenvalue weighted by molar-refractivity contribution is 0.207. The van der Waals surface area contributed by atoms with Crippen molar-refractivity contribution in [3.8, 4) is 5.75 Å². The number of pyridine rings is 1. The molecule has 31 heavy (non-hydrogen) atoms. The predicted octanol–water partition coefficient (Wildman–Crippen LogP) is 4.78. The standard InChI is InChI=1S/C25H34N4O2/c30-25(28-19-21-9-3-6-12-23(21)31-22-10-4-5-11-22)27-18-20-13-14-24(26-17-20)29-15-7-1-2-8-16-29/h3,6,9,12-14,17,22H,1-2,4-5,7-8,10-11,15-16,18-19H2,(H2,27,28,30). The highest BCUT2D eigenvalue weighted by molar-refractivity contribution is 5.73. The molecule has 6 heteroatoms. The van der Waals surface area contributed by atoms with E-state index in [1.807, 2.05) is 30.5 Å². The van der Waals surface area contributed by atoms with Gasteiger partial charge >= 0.3 is 6.03 Å². The van der Waals surface area contributed by atoms with Gasteiger partial charge in [-0.3, -0.25) is 0 Å². The Balaban J connectivity index is 1.23. The van der Waals surface area contributed by atoms with Gasteiger partial charge in [-0.1, -0.05) is 37.1 Å². The molecule has 2 amide bonds. The summed E-state index contributed by atoms with van der Waals surface area (Å²) >= 11 is 0. The summed E-state index contributed by atoms with van der Waals surface area (Å²) in [5, 5.41) is 5.87. The minimum absolute atomic E-state index is 0.188. The highest BCUT2D eigenvalue weighted by atomic mass is 16.5. The largest absolute Gasteiger partial charge is 0.490 e. The Morgan fingerprint density at radius 2 is 1.68 bits per heavy atom. The van der Waals surface area contributed by atoms with E-state index in [2.05, 4.69) is 32.7 Å². The van der Waals surface area contributed by atoms with Crippen LogP contribution < -0.4 is 20.3 Å². The molecule has 2 aromatic rings. The van der Waals surface area contributed by atoms with Crippen LogP contribution in [0.5, 0.6) is 5.75 Å². The summed E-state index contributed by atoms with van der Waals surface area (Å²) in [4.78, 5) is 19.3. The second kappa shape index (κ2) is 11.0. The number of benzene rings is 1. The van der Waals surface area contributed by atoms with Gasteiger partial charge in [0.15, 0.2) is 0 Å². The van der Waals surface area contributed by atoms with Gasteiger partial charge in [-0.05, 0) is 56.2 Å². The third kappa shape index (κ3) is 6.36. The molecule has 1 aliphatic heterocycles. The monoisotopic (exact) mass is 422 g/mol. The minimum Gasteiger partial charge on any atom is -0.490 e. The van der Waals surface area contributed by atoms with Crippen LogP contribution in [0.3, 0.4) is 0 Å². The van der Waals surface area contributed by atoms with Gasteiger partial charge in [0.05, 0.1) is 6.10 Å². The molecule has 6 nitrogen and oxygen atoms in total. The van der Waals surface area contributed by atoms with E-state index in [1.54, 1.807) is 0 Å². The first-order chi connectivity index (χ1) is 15.3. The molecule has 2 fully saturated rings. The first-order valence-corrected chi connectivity index (χ1v) is 11.7. The number of para-hydroxylation sites is 1. The number of amides is 2. The van der Waals surface area contributed by atoms with Crippen LogP contribution >= 0.6 is 0 Å². The molecule has 1 aliphatic carbocycles. The number of hydrogen-bond acceptors (Lipinski definition) is 4. The van der Waals surface area contributed by atoms with E-state index in [1.165, 1.54) is 38.5 Å². The molecule has 1 saturated heterocycles. The zero-order valence-corrected chi connectivity index (χ0v) is 18.3. The number of nitrogens with one attached hydrogen (secondary N) is 2. The lowest BCUT2D eigenvalue weighted by atomic mass is 10.2. The summed E-state index contributed by atoms with van der Waals surface area (Å²) < 4.78 is 6.15. The van der Waals surface area contributed by atoms with E-state index in [0.717, 1.165) is 48.6 Å². The molecule has 2 N–H and O–H groups in total. The molecule has 1 aromatic heterocycles. The lowest BCUT2D eigenvalue weighted by Crippen LogP contribution is -2.34. The van der Waals surface area contributed by atoms with Gasteiger partial charge in [-0.2, -0.15) is 0 Å². The van der Waals surface area contributed by atoms with Crippen LogP contribution in [0.15, 0.2) is 42.6 Å². The van der Waals surface area contributed by atoms with Gasteiger partial charge in [-0.25, -0.2) is 9.78 Å². The van der Waals surface area contributed by atoms with Crippen LogP contribution in [0, 0.1) is 0 Å². The van der Waals surface area contributed by atoms with Crippen molar-refractivity contribution >= 4 is 11.8 Å². The van der Waals surface area contributed by atoms with Gasteiger partial charge in [0.1, 0.15) is 11.6 Å². The average molecular weight is 423 g/mol. The molecule has 166 valence electrons. The molecule has 0 spiro atoms. The van der Waals surface area contributed by atoms with Crippen molar-refractivity contribution in [1.29, 1.82) is 0 Å². The number of carbonyl (C=O) groups excluding carboxylic acids is 1. The summed E-state index contributed by atoms with van der Waals surface area (Å²) in [6, 6.07) is 11.9. The van der Waals surface area contributed by atoms with Crippen molar-refractivity contribution in [3.05, 3.63) is 53.7 Å². The molecule has 1 saturated carbocycles. The van der Waals surface area contributed by atoms with Crippen molar-refractivity contribution in [2.45, 2.75) is 70.6 Å². The van der Waals surface area contributed by atoms with Crippen molar-refractivity contribution < 1.29 is 9.53 Å². The first kappa shape index (κ1) is 21.5. The zero-order chi connectivity index (χ0) is 21.3. The van der Waals surface area contributed by atoms with Crippen LogP contribution in [0.2, 0.25) is 0 Å². The van der Waals surface area contributed by atoms with Crippen LogP contribution in [-0.2, 0) is 13.1 Å². The summed E-state index contributed by atoms with van der Waals surface area (Å²) in [6.45, 7) is 3.07. The van der Waals surface area contributed by atoms with E-state index in [4.69, 9.17) is 4.74 Å². The Morgan fingerprint density at radius 3 is 2.42 bits per heavy atom. The second-order valence-corrected chi connectivity index (χ2v) is 8.59. The summed E-state index contributed by atoms with van der Waals surface area (Å²) in [5.41, 5.74) is 2.01. The fraction of sp³-hybridized carbons (Fsp3) is 0.520. The Hall–Kier alpha value is -2.76. The van der Waals surface area contributed by atoms with E-state index >= 15 is 0 Å². The zero-order valence-electron chi connectivity index (χ0n) is 18.3. The predicted molar refractivity (Wildman–Crippen MR) is 123 cm³/mol. The fourth-order valence-corrected chi connectivity index (χ4v) is 4.38. The normalized spacial score (nSPS) is 17.2. The van der Waals surface area contributed by atoms with Crippen molar-refractivity contribution in [3.63, 3.8) is 0 Å². The number of ether oxygens (including phenoxy) is 1. The fourth-order valence-electron chi connectivity index (χ4n) is 4.38. The molecule has 0 atom stereocenters. The molecule has 0 radical (unpaired) electrons. The summed E-state index contributed by atoms with van der Waals surface area (Å²) in [6.07, 6.45) is 12.0. The smallest absolute Gasteiger partial charge is 0.315 e. The number of rotatable bonds is 7. The molecule has 1 aromatic carbocycles. The van der Waals surface area contributed by atoms with Gasteiger partial charge in [0, 0.05) is 37.9 Å². The number of aromatic nitrogens is 1. The Kier molecular flexibility index (Phi) is 7.64. The quantitative estimate of drug-likeness (QED) is 0.674. The molecular weight excluding hydrogens is 388 g/mol. The Bertz CT molecular complexity index is 826. The van der Waals surface area contributed by atoms with E-state index < -0.39 is 0 Å². The van der Waals surface area contributed by atoms with Crippen LogP contribution in [0.1, 0.15) is 62.5 Å². The lowest BCUT2D eigenvalue weighted by Gasteiger charge is -2.21. The maximum atomic E-state index is 12.3. The van der Waals surface area contributed by atoms with Crippen LogP contribution in [0.25, 0.3) is 0 Å². The summed E-state index contributed by atoms with van der Waals surface area (Å²) in [5.74, 6) is 1.91. The SMILES string of the molecule is O=C(NCc1ccc(N2CCCCCC2)nc1)NCc1ccccc1OC1CCCC1. The third-order valence-corrected chi connectivity index (χ3v) is 6.20. The van der Waals surface area contributed by atoms with E-state index in [0.29, 0.717) is 19.2 Å². The Labute approximate surface area is 185 Å². The average Bonchev–Trinajstić information content (AvgIpc) is 3.16. The second-order valence-electron chi connectivity index (χ2n) is 8.59. The molecule has 0 bridgehead atoms.